The minimum absolute atomic E-state index is 0.150. The van der Waals surface area contributed by atoms with E-state index in [1.165, 1.54) is 25.9 Å². The Morgan fingerprint density at radius 2 is 2.16 bits per heavy atom. The van der Waals surface area contributed by atoms with Gasteiger partial charge in [0.05, 0.1) is 0 Å². The number of amides is 1. The van der Waals surface area contributed by atoms with E-state index in [0.29, 0.717) is 12.3 Å². The topological polar surface area (TPSA) is 32.3 Å². The normalized spacial score (nSPS) is 29.2. The van der Waals surface area contributed by atoms with Gasteiger partial charge in [-0.3, -0.25) is 4.79 Å². The maximum absolute atomic E-state index is 12.1. The van der Waals surface area contributed by atoms with Crippen molar-refractivity contribution in [2.24, 2.45) is 11.8 Å². The highest BCUT2D eigenvalue weighted by Crippen LogP contribution is 2.34. The Morgan fingerprint density at radius 3 is 2.79 bits per heavy atom. The first-order valence-corrected chi connectivity index (χ1v) is 7.78. The van der Waals surface area contributed by atoms with Crippen molar-refractivity contribution in [3.8, 4) is 0 Å². The summed E-state index contributed by atoms with van der Waals surface area (Å²) in [6, 6.07) is 7.77. The summed E-state index contributed by atoms with van der Waals surface area (Å²) in [7, 11) is 0. The van der Waals surface area contributed by atoms with Crippen LogP contribution in [0.15, 0.2) is 28.7 Å². The summed E-state index contributed by atoms with van der Waals surface area (Å²) in [6.45, 7) is 3.57. The van der Waals surface area contributed by atoms with Crippen LogP contribution in [0.5, 0.6) is 0 Å². The van der Waals surface area contributed by atoms with Crippen LogP contribution in [0.3, 0.4) is 0 Å². The van der Waals surface area contributed by atoms with E-state index in [4.69, 9.17) is 0 Å². The monoisotopic (exact) mass is 322 g/mol. The fourth-order valence-corrected chi connectivity index (χ4v) is 3.73. The second-order valence-corrected chi connectivity index (χ2v) is 6.58. The lowest BCUT2D eigenvalue weighted by molar-refractivity contribution is -0.118. The van der Waals surface area contributed by atoms with Gasteiger partial charge in [-0.15, -0.1) is 0 Å². The molecule has 1 unspecified atom stereocenters. The Bertz CT molecular complexity index is 469. The molecule has 3 saturated heterocycles. The van der Waals surface area contributed by atoms with E-state index < -0.39 is 0 Å². The van der Waals surface area contributed by atoms with E-state index in [1.54, 1.807) is 0 Å². The summed E-state index contributed by atoms with van der Waals surface area (Å²) >= 11 is 3.42. The first-order chi connectivity index (χ1) is 9.20. The van der Waals surface area contributed by atoms with Gasteiger partial charge in [-0.05, 0) is 56.0 Å². The van der Waals surface area contributed by atoms with Gasteiger partial charge in [-0.25, -0.2) is 0 Å². The molecule has 0 radical (unpaired) electrons. The van der Waals surface area contributed by atoms with E-state index in [9.17, 15) is 4.79 Å². The van der Waals surface area contributed by atoms with Crippen LogP contribution in [0.25, 0.3) is 0 Å². The molecule has 1 aromatic rings. The maximum atomic E-state index is 12.1. The minimum Gasteiger partial charge on any atom is -0.326 e. The van der Waals surface area contributed by atoms with Crippen molar-refractivity contribution in [3.05, 3.63) is 28.7 Å². The quantitative estimate of drug-likeness (QED) is 0.927. The molecule has 3 fully saturated rings. The first-order valence-electron chi connectivity index (χ1n) is 6.98. The molecule has 3 heterocycles. The number of carbonyl (C=O) groups is 1. The SMILES string of the molecule is O=C(CC1CN2CCC1CC2)Nc1cccc(Br)c1. The second-order valence-electron chi connectivity index (χ2n) is 5.66. The predicted octanol–water partition coefficient (Wildman–Crippen LogP) is 3.12. The predicted molar refractivity (Wildman–Crippen MR) is 80.0 cm³/mol. The van der Waals surface area contributed by atoms with Crippen LogP contribution in [0.1, 0.15) is 19.3 Å². The second kappa shape index (κ2) is 5.63. The largest absolute Gasteiger partial charge is 0.326 e. The molecule has 2 bridgehead atoms. The molecule has 3 aliphatic rings. The first kappa shape index (κ1) is 13.1. The lowest BCUT2D eigenvalue weighted by atomic mass is 9.77. The van der Waals surface area contributed by atoms with Gasteiger partial charge in [0.25, 0.3) is 0 Å². The smallest absolute Gasteiger partial charge is 0.224 e. The van der Waals surface area contributed by atoms with E-state index >= 15 is 0 Å². The van der Waals surface area contributed by atoms with Crippen LogP contribution in [-0.2, 0) is 4.79 Å². The molecular weight excluding hydrogens is 304 g/mol. The zero-order valence-corrected chi connectivity index (χ0v) is 12.5. The zero-order chi connectivity index (χ0) is 13.2. The molecule has 4 rings (SSSR count). The highest BCUT2D eigenvalue weighted by atomic mass is 79.9. The third-order valence-corrected chi connectivity index (χ3v) is 4.84. The van der Waals surface area contributed by atoms with Crippen LogP contribution < -0.4 is 5.32 Å². The van der Waals surface area contributed by atoms with Crippen molar-refractivity contribution in [1.82, 2.24) is 4.90 Å². The summed E-state index contributed by atoms with van der Waals surface area (Å²) < 4.78 is 0.994. The average molecular weight is 323 g/mol. The van der Waals surface area contributed by atoms with Gasteiger partial charge in [0, 0.05) is 23.1 Å². The van der Waals surface area contributed by atoms with Gasteiger partial charge in [-0.1, -0.05) is 22.0 Å². The van der Waals surface area contributed by atoms with Crippen LogP contribution in [0.2, 0.25) is 0 Å². The number of carbonyl (C=O) groups excluding carboxylic acids is 1. The van der Waals surface area contributed by atoms with E-state index in [1.807, 2.05) is 24.3 Å². The maximum Gasteiger partial charge on any atom is 0.224 e. The molecule has 0 aliphatic carbocycles. The van der Waals surface area contributed by atoms with Crippen molar-refractivity contribution in [2.75, 3.05) is 25.0 Å². The Morgan fingerprint density at radius 1 is 1.37 bits per heavy atom. The van der Waals surface area contributed by atoms with Gasteiger partial charge in [0.15, 0.2) is 0 Å². The molecule has 1 atom stereocenters. The third-order valence-electron chi connectivity index (χ3n) is 4.35. The number of hydrogen-bond acceptors (Lipinski definition) is 2. The number of halogens is 1. The molecule has 3 aliphatic heterocycles. The molecule has 1 aromatic carbocycles. The van der Waals surface area contributed by atoms with E-state index in [-0.39, 0.29) is 5.91 Å². The number of hydrogen-bond donors (Lipinski definition) is 1. The van der Waals surface area contributed by atoms with Crippen LogP contribution in [-0.4, -0.2) is 30.4 Å². The van der Waals surface area contributed by atoms with E-state index in [2.05, 4.69) is 26.1 Å². The van der Waals surface area contributed by atoms with Gasteiger partial charge in [0.2, 0.25) is 5.91 Å². The van der Waals surface area contributed by atoms with Gasteiger partial charge < -0.3 is 10.2 Å². The number of piperidine rings is 3. The average Bonchev–Trinajstić information content (AvgIpc) is 2.40. The molecule has 3 nitrogen and oxygen atoms in total. The van der Waals surface area contributed by atoms with Crippen molar-refractivity contribution in [1.29, 1.82) is 0 Å². The van der Waals surface area contributed by atoms with E-state index in [0.717, 1.165) is 22.6 Å². The number of anilines is 1. The number of rotatable bonds is 3. The highest BCUT2D eigenvalue weighted by molar-refractivity contribution is 9.10. The Hall–Kier alpha value is -0.870. The molecule has 0 spiro atoms. The standard InChI is InChI=1S/C15H19BrN2O/c16-13-2-1-3-14(9-13)17-15(19)8-12-10-18-6-4-11(12)5-7-18/h1-3,9,11-12H,4-8,10H2,(H,17,19). The van der Waals surface area contributed by atoms with Gasteiger partial charge in [-0.2, -0.15) is 0 Å². The van der Waals surface area contributed by atoms with Crippen molar-refractivity contribution in [3.63, 3.8) is 0 Å². The van der Waals surface area contributed by atoms with Crippen molar-refractivity contribution >= 4 is 27.5 Å². The molecule has 102 valence electrons. The summed E-state index contributed by atoms with van der Waals surface area (Å²) in [6.07, 6.45) is 3.21. The minimum atomic E-state index is 0.150. The summed E-state index contributed by atoms with van der Waals surface area (Å²) in [5.74, 6) is 1.46. The Kier molecular flexibility index (Phi) is 3.89. The zero-order valence-electron chi connectivity index (χ0n) is 10.9. The highest BCUT2D eigenvalue weighted by Gasteiger charge is 2.34. The number of benzene rings is 1. The summed E-state index contributed by atoms with van der Waals surface area (Å²) in [5, 5.41) is 3.00. The summed E-state index contributed by atoms with van der Waals surface area (Å²) in [4.78, 5) is 14.6. The Balaban J connectivity index is 1.57. The third kappa shape index (κ3) is 3.18. The molecule has 19 heavy (non-hydrogen) atoms. The van der Waals surface area contributed by atoms with Crippen molar-refractivity contribution in [2.45, 2.75) is 19.3 Å². The molecule has 0 aromatic heterocycles. The molecular formula is C15H19BrN2O. The molecule has 4 heteroatoms. The molecule has 0 saturated carbocycles. The molecule has 1 amide bonds. The number of nitrogens with zero attached hydrogens (tertiary/aromatic N) is 1. The van der Waals surface area contributed by atoms with Gasteiger partial charge in [0.1, 0.15) is 0 Å². The summed E-state index contributed by atoms with van der Waals surface area (Å²) in [5.41, 5.74) is 0.876. The Labute approximate surface area is 122 Å². The van der Waals surface area contributed by atoms with Crippen LogP contribution >= 0.6 is 15.9 Å². The van der Waals surface area contributed by atoms with Crippen LogP contribution in [0, 0.1) is 11.8 Å². The number of nitrogens with one attached hydrogen (secondary N) is 1. The molecule has 1 N–H and O–H groups in total. The lowest BCUT2D eigenvalue weighted by Gasteiger charge is -2.44. The van der Waals surface area contributed by atoms with Gasteiger partial charge >= 0.3 is 0 Å². The fourth-order valence-electron chi connectivity index (χ4n) is 3.34. The van der Waals surface area contributed by atoms with Crippen LogP contribution in [0.4, 0.5) is 5.69 Å². The number of fused-ring (bicyclic) bond motifs is 3. The lowest BCUT2D eigenvalue weighted by Crippen LogP contribution is -2.48. The van der Waals surface area contributed by atoms with Crippen molar-refractivity contribution < 1.29 is 4.79 Å². The fraction of sp³-hybridized carbons (Fsp3) is 0.533.